The number of carboxylic acids is 1. The van der Waals surface area contributed by atoms with Gasteiger partial charge in [0.1, 0.15) is 17.7 Å². The van der Waals surface area contributed by atoms with Crippen LogP contribution in [0.25, 0.3) is 10.8 Å². The molecule has 4 rings (SSSR count). The number of amidine groups is 2. The van der Waals surface area contributed by atoms with Crippen LogP contribution in [0.15, 0.2) is 60.7 Å². The van der Waals surface area contributed by atoms with Gasteiger partial charge < -0.3 is 20.5 Å². The number of rotatable bonds is 9. The summed E-state index contributed by atoms with van der Waals surface area (Å²) in [6.45, 7) is 4.34. The molecule has 0 spiro atoms. The third-order valence-corrected chi connectivity index (χ3v) is 9.04. The second kappa shape index (κ2) is 11.3. The number of sulfonamides is 1. The Morgan fingerprint density at radius 3 is 2.31 bits per heavy atom. The zero-order valence-electron chi connectivity index (χ0n) is 21.9. The molecule has 1 unspecified atom stereocenters. The quantitative estimate of drug-likeness (QED) is 0.232. The summed E-state index contributed by atoms with van der Waals surface area (Å²) in [5, 5.41) is 25.0. The van der Waals surface area contributed by atoms with Crippen LogP contribution >= 0.6 is 0 Å². The molecule has 11 heteroatoms. The minimum Gasteiger partial charge on any atom is -0.490 e. The molecule has 1 aliphatic heterocycles. The Kier molecular flexibility index (Phi) is 8.10. The first-order valence-corrected chi connectivity index (χ1v) is 14.1. The average Bonchev–Trinajstić information content (AvgIpc) is 2.91. The second-order valence-electron chi connectivity index (χ2n) is 9.73. The van der Waals surface area contributed by atoms with Crippen LogP contribution < -0.4 is 14.8 Å². The summed E-state index contributed by atoms with van der Waals surface area (Å²) in [7, 11) is -4.27. The van der Waals surface area contributed by atoms with Gasteiger partial charge in [-0.3, -0.25) is 19.9 Å². The molecule has 1 atom stereocenters. The number of anilines is 1. The molecule has 0 aromatic heterocycles. The van der Waals surface area contributed by atoms with E-state index in [2.05, 4.69) is 0 Å². The van der Waals surface area contributed by atoms with E-state index < -0.39 is 21.2 Å². The Hall–Kier alpha value is -4.12. The zero-order chi connectivity index (χ0) is 28.3. The van der Waals surface area contributed by atoms with Crippen molar-refractivity contribution in [2.75, 3.05) is 17.4 Å². The molecule has 206 valence electrons. The molecule has 0 aliphatic carbocycles. The number of nitrogen functional groups attached to an aromatic ring is 1. The second-order valence-corrected chi connectivity index (χ2v) is 11.9. The molecule has 0 bridgehead atoms. The van der Waals surface area contributed by atoms with Crippen LogP contribution in [-0.4, -0.2) is 60.5 Å². The number of carboxylic acid groups (broad SMARTS) is 1. The average molecular weight is 552 g/mol. The lowest BCUT2D eigenvalue weighted by molar-refractivity contribution is -0.136. The molecular weight excluding hydrogens is 518 g/mol. The molecule has 3 aromatic carbocycles. The molecule has 0 saturated carbocycles. The van der Waals surface area contributed by atoms with Crippen molar-refractivity contribution in [3.8, 4) is 5.75 Å². The number of nitrogens with one attached hydrogen (secondary N) is 2. The predicted octanol–water partition coefficient (Wildman–Crippen LogP) is 3.77. The van der Waals surface area contributed by atoms with Crippen molar-refractivity contribution in [3.05, 3.63) is 71.8 Å². The number of carbonyl (C=O) groups is 1. The normalized spacial score (nSPS) is 15.1. The van der Waals surface area contributed by atoms with E-state index >= 15 is 0 Å². The zero-order valence-corrected chi connectivity index (χ0v) is 22.7. The minimum atomic E-state index is -4.27. The Labute approximate surface area is 228 Å². The van der Waals surface area contributed by atoms with E-state index in [0.29, 0.717) is 28.4 Å². The maximum atomic E-state index is 13.4. The van der Waals surface area contributed by atoms with Gasteiger partial charge in [0.05, 0.1) is 18.1 Å². The number of aliphatic carboxylic acids is 1. The Morgan fingerprint density at radius 2 is 1.72 bits per heavy atom. The lowest BCUT2D eigenvalue weighted by Gasteiger charge is -2.33. The highest BCUT2D eigenvalue weighted by atomic mass is 32.2. The van der Waals surface area contributed by atoms with Crippen LogP contribution in [0.2, 0.25) is 0 Å². The summed E-state index contributed by atoms with van der Waals surface area (Å²) in [5.74, 6) is -0.370. The molecule has 1 saturated heterocycles. The van der Waals surface area contributed by atoms with Crippen LogP contribution in [0.5, 0.6) is 5.75 Å². The number of benzene rings is 3. The molecule has 3 aromatic rings. The highest BCUT2D eigenvalue weighted by Gasteiger charge is 2.34. The molecule has 0 radical (unpaired) electrons. The minimum absolute atomic E-state index is 0.00388. The van der Waals surface area contributed by atoms with Crippen molar-refractivity contribution in [3.63, 3.8) is 0 Å². The Balaban J connectivity index is 1.60. The summed E-state index contributed by atoms with van der Waals surface area (Å²) in [6, 6.07) is 17.4. The van der Waals surface area contributed by atoms with E-state index in [0.717, 1.165) is 47.9 Å². The molecule has 5 N–H and O–H groups in total. The number of fused-ring (bicyclic) bond motifs is 1. The van der Waals surface area contributed by atoms with Gasteiger partial charge in [0, 0.05) is 31.5 Å². The summed E-state index contributed by atoms with van der Waals surface area (Å²) in [4.78, 5) is 13.7. The highest BCUT2D eigenvalue weighted by molar-refractivity contribution is 7.94. The van der Waals surface area contributed by atoms with Crippen molar-refractivity contribution < 1.29 is 23.1 Å². The maximum absolute atomic E-state index is 13.4. The maximum Gasteiger partial charge on any atom is 0.323 e. The number of nitrogens with zero attached hydrogens (tertiary/aromatic N) is 2. The van der Waals surface area contributed by atoms with Crippen LogP contribution in [-0.2, 0) is 21.4 Å². The lowest BCUT2D eigenvalue weighted by atomic mass is 10.0. The highest BCUT2D eigenvalue weighted by Crippen LogP contribution is 2.29. The van der Waals surface area contributed by atoms with E-state index in [1.165, 1.54) is 0 Å². The largest absolute Gasteiger partial charge is 0.490 e. The van der Waals surface area contributed by atoms with Crippen molar-refractivity contribution in [2.24, 2.45) is 5.73 Å². The van der Waals surface area contributed by atoms with Crippen LogP contribution in [0.4, 0.5) is 5.69 Å². The van der Waals surface area contributed by atoms with Crippen molar-refractivity contribution in [1.29, 1.82) is 10.8 Å². The summed E-state index contributed by atoms with van der Waals surface area (Å²) in [6.07, 6.45) is 1.56. The first kappa shape index (κ1) is 27.9. The molecule has 1 aliphatic rings. The van der Waals surface area contributed by atoms with Crippen LogP contribution in [0.1, 0.15) is 37.8 Å². The number of hydrogen-bond acceptors (Lipinski definition) is 6. The van der Waals surface area contributed by atoms with E-state index in [9.17, 15) is 18.3 Å². The molecule has 39 heavy (non-hydrogen) atoms. The van der Waals surface area contributed by atoms with Crippen molar-refractivity contribution in [2.45, 2.75) is 44.6 Å². The first-order valence-electron chi connectivity index (χ1n) is 12.6. The SMILES string of the molecule is CC(=N)N1CCC(Oc2ccc(N(Cc3ccc4ccc(C(=N)N)cc4c3)S(=O)(=O)C(C)C(=O)O)cc2)CC1. The summed E-state index contributed by atoms with van der Waals surface area (Å²) in [5.41, 5.74) is 7.15. The Morgan fingerprint density at radius 1 is 1.08 bits per heavy atom. The van der Waals surface area contributed by atoms with Crippen molar-refractivity contribution in [1.82, 2.24) is 4.90 Å². The molecular formula is C28H33N5O5S. The third-order valence-electron chi connectivity index (χ3n) is 6.99. The van der Waals surface area contributed by atoms with Gasteiger partial charge in [0.15, 0.2) is 5.25 Å². The summed E-state index contributed by atoms with van der Waals surface area (Å²) < 4.78 is 34.0. The fourth-order valence-corrected chi connectivity index (χ4v) is 5.95. The molecule has 1 fully saturated rings. The number of likely N-dealkylation sites (tertiary alicyclic amines) is 1. The van der Waals surface area contributed by atoms with Crippen LogP contribution in [0.3, 0.4) is 0 Å². The van der Waals surface area contributed by atoms with Crippen molar-refractivity contribution >= 4 is 44.1 Å². The van der Waals surface area contributed by atoms with E-state index in [1.54, 1.807) is 49.4 Å². The van der Waals surface area contributed by atoms with Crippen LogP contribution in [0, 0.1) is 10.8 Å². The number of nitrogens with two attached hydrogens (primary N) is 1. The molecule has 0 amide bonds. The fraction of sp³-hybridized carbons (Fsp3) is 0.321. The van der Waals surface area contributed by atoms with Gasteiger partial charge in [-0.1, -0.05) is 24.3 Å². The van der Waals surface area contributed by atoms with Gasteiger partial charge in [-0.25, -0.2) is 8.42 Å². The Bertz CT molecular complexity index is 1500. The van der Waals surface area contributed by atoms with Gasteiger partial charge >= 0.3 is 5.97 Å². The standard InChI is InChI=1S/C28H33N5O5S/c1-18(28(34)35)39(36,37)33(17-20-3-4-21-5-6-22(27(30)31)16-23(21)15-20)24-7-9-25(10-8-24)38-26-11-13-32(14-12-26)19(2)29/h3-10,15-16,18,26,29H,11-14,17H2,1-2H3,(H3,30,31)(H,34,35). The van der Waals surface area contributed by atoms with E-state index in [-0.39, 0.29) is 18.5 Å². The molecule has 10 nitrogen and oxygen atoms in total. The predicted molar refractivity (Wildman–Crippen MR) is 152 cm³/mol. The lowest BCUT2D eigenvalue weighted by Crippen LogP contribution is -2.41. The van der Waals surface area contributed by atoms with Gasteiger partial charge in [-0.15, -0.1) is 0 Å². The number of hydrogen-bond donors (Lipinski definition) is 4. The van der Waals surface area contributed by atoms with E-state index in [1.807, 2.05) is 23.1 Å². The fourth-order valence-electron chi connectivity index (χ4n) is 4.57. The smallest absolute Gasteiger partial charge is 0.323 e. The summed E-state index contributed by atoms with van der Waals surface area (Å²) >= 11 is 0. The number of ether oxygens (including phenoxy) is 1. The van der Waals surface area contributed by atoms with E-state index in [4.69, 9.17) is 21.3 Å². The molecule has 1 heterocycles. The van der Waals surface area contributed by atoms with Gasteiger partial charge in [-0.2, -0.15) is 0 Å². The van der Waals surface area contributed by atoms with Gasteiger partial charge in [0.25, 0.3) is 0 Å². The first-order chi connectivity index (χ1) is 18.5. The topological polar surface area (TPSA) is 161 Å². The van der Waals surface area contributed by atoms with Gasteiger partial charge in [0.2, 0.25) is 10.0 Å². The third kappa shape index (κ3) is 6.31. The monoisotopic (exact) mass is 551 g/mol. The number of piperidine rings is 1. The van der Waals surface area contributed by atoms with Gasteiger partial charge in [-0.05, 0) is 66.6 Å².